The van der Waals surface area contributed by atoms with E-state index in [1.54, 1.807) is 0 Å². The summed E-state index contributed by atoms with van der Waals surface area (Å²) in [6, 6.07) is -0.379. The third-order valence-electron chi connectivity index (χ3n) is 2.72. The molecule has 3 atom stereocenters. The van der Waals surface area contributed by atoms with Crippen molar-refractivity contribution in [2.75, 3.05) is 13.2 Å². The van der Waals surface area contributed by atoms with Crippen LogP contribution >= 0.6 is 0 Å². The highest BCUT2D eigenvalue weighted by atomic mass is 16.5. The minimum absolute atomic E-state index is 0.139. The summed E-state index contributed by atoms with van der Waals surface area (Å²) < 4.78 is 5.46. The minimum Gasteiger partial charge on any atom is -0.480 e. The Balaban J connectivity index is 2.05. The molecule has 0 saturated carbocycles. The van der Waals surface area contributed by atoms with Crippen molar-refractivity contribution in [3.63, 3.8) is 0 Å². The van der Waals surface area contributed by atoms with Crippen molar-refractivity contribution in [1.29, 1.82) is 0 Å². The SMILES string of the molecule is O=C(O)[C@H]1NC[C@@H]2OCCC[C@@H]21. The zero-order valence-corrected chi connectivity index (χ0v) is 6.82. The molecular formula is C8H13NO3. The number of fused-ring (bicyclic) bond motifs is 1. The quantitative estimate of drug-likeness (QED) is 0.575. The molecule has 2 heterocycles. The molecule has 2 rings (SSSR count). The average Bonchev–Trinajstić information content (AvgIpc) is 2.47. The molecule has 2 N–H and O–H groups in total. The van der Waals surface area contributed by atoms with Crippen molar-refractivity contribution in [2.24, 2.45) is 5.92 Å². The predicted molar refractivity (Wildman–Crippen MR) is 41.9 cm³/mol. The minimum atomic E-state index is -0.743. The molecule has 0 aromatic carbocycles. The van der Waals surface area contributed by atoms with Gasteiger partial charge in [0.2, 0.25) is 0 Å². The molecule has 2 aliphatic rings. The molecule has 2 fully saturated rings. The number of hydrogen-bond acceptors (Lipinski definition) is 3. The van der Waals surface area contributed by atoms with Crippen LogP contribution in [-0.2, 0) is 9.53 Å². The highest BCUT2D eigenvalue weighted by Crippen LogP contribution is 2.28. The Morgan fingerprint density at radius 1 is 1.58 bits per heavy atom. The van der Waals surface area contributed by atoms with E-state index < -0.39 is 5.97 Å². The lowest BCUT2D eigenvalue weighted by atomic mass is 9.91. The number of hydrogen-bond donors (Lipinski definition) is 2. The van der Waals surface area contributed by atoms with Crippen LogP contribution in [0.4, 0.5) is 0 Å². The van der Waals surface area contributed by atoms with Crippen LogP contribution in [0.2, 0.25) is 0 Å². The highest BCUT2D eigenvalue weighted by Gasteiger charge is 2.41. The van der Waals surface area contributed by atoms with Gasteiger partial charge in [-0.15, -0.1) is 0 Å². The fourth-order valence-corrected chi connectivity index (χ4v) is 2.12. The summed E-state index contributed by atoms with van der Waals surface area (Å²) >= 11 is 0. The summed E-state index contributed by atoms with van der Waals surface area (Å²) in [7, 11) is 0. The molecule has 0 amide bonds. The molecule has 4 nitrogen and oxygen atoms in total. The van der Waals surface area contributed by atoms with E-state index in [0.29, 0.717) is 6.54 Å². The standard InChI is InChI=1S/C8H13NO3/c10-8(11)7-5-2-1-3-12-6(5)4-9-7/h5-7,9H,1-4H2,(H,10,11)/t5-,6-,7-/m0/s1. The van der Waals surface area contributed by atoms with Gasteiger partial charge in [-0.2, -0.15) is 0 Å². The van der Waals surface area contributed by atoms with Gasteiger partial charge in [-0.1, -0.05) is 0 Å². The second-order valence-electron chi connectivity index (χ2n) is 3.44. The predicted octanol–water partition coefficient (Wildman–Crippen LogP) is -0.162. The highest BCUT2D eigenvalue weighted by molar-refractivity contribution is 5.74. The molecule has 0 aliphatic carbocycles. The molecule has 0 radical (unpaired) electrons. The molecule has 2 aliphatic heterocycles. The van der Waals surface area contributed by atoms with Crippen molar-refractivity contribution in [2.45, 2.75) is 25.0 Å². The Hall–Kier alpha value is -0.610. The smallest absolute Gasteiger partial charge is 0.321 e. The van der Waals surface area contributed by atoms with E-state index in [1.807, 2.05) is 0 Å². The van der Waals surface area contributed by atoms with Gasteiger partial charge in [0.15, 0.2) is 0 Å². The van der Waals surface area contributed by atoms with Crippen LogP contribution in [-0.4, -0.2) is 36.4 Å². The van der Waals surface area contributed by atoms with Gasteiger partial charge in [0.25, 0.3) is 0 Å². The van der Waals surface area contributed by atoms with Gasteiger partial charge in [-0.25, -0.2) is 0 Å². The number of carbonyl (C=O) groups is 1. The van der Waals surface area contributed by atoms with Crippen LogP contribution in [0.5, 0.6) is 0 Å². The first-order valence-electron chi connectivity index (χ1n) is 4.37. The Kier molecular flexibility index (Phi) is 2.02. The van der Waals surface area contributed by atoms with Crippen LogP contribution < -0.4 is 5.32 Å². The Morgan fingerprint density at radius 2 is 2.42 bits per heavy atom. The number of carboxylic acids is 1. The van der Waals surface area contributed by atoms with E-state index in [1.165, 1.54) is 0 Å². The molecule has 68 valence electrons. The first-order chi connectivity index (χ1) is 5.79. The Morgan fingerprint density at radius 3 is 3.17 bits per heavy atom. The first-order valence-corrected chi connectivity index (χ1v) is 4.37. The molecular weight excluding hydrogens is 158 g/mol. The fraction of sp³-hybridized carbons (Fsp3) is 0.875. The third-order valence-corrected chi connectivity index (χ3v) is 2.72. The molecule has 0 spiro atoms. The topological polar surface area (TPSA) is 58.6 Å². The maximum absolute atomic E-state index is 10.7. The van der Waals surface area contributed by atoms with E-state index in [9.17, 15) is 4.79 Å². The molecule has 0 bridgehead atoms. The van der Waals surface area contributed by atoms with Crippen molar-refractivity contribution in [3.8, 4) is 0 Å². The summed E-state index contributed by atoms with van der Waals surface area (Å²) in [5.41, 5.74) is 0. The van der Waals surface area contributed by atoms with Gasteiger partial charge in [-0.05, 0) is 12.8 Å². The summed E-state index contributed by atoms with van der Waals surface area (Å²) in [6.07, 6.45) is 2.11. The van der Waals surface area contributed by atoms with Gasteiger partial charge in [0.05, 0.1) is 6.10 Å². The number of ether oxygens (including phenoxy) is 1. The molecule has 0 aromatic heterocycles. The number of aliphatic carboxylic acids is 1. The Labute approximate surface area is 70.9 Å². The Bertz CT molecular complexity index is 195. The average molecular weight is 171 g/mol. The van der Waals surface area contributed by atoms with Crippen molar-refractivity contribution >= 4 is 5.97 Å². The lowest BCUT2D eigenvalue weighted by Crippen LogP contribution is -2.38. The maximum Gasteiger partial charge on any atom is 0.321 e. The summed E-state index contributed by atoms with van der Waals surface area (Å²) in [4.78, 5) is 10.7. The van der Waals surface area contributed by atoms with E-state index in [2.05, 4.69) is 5.32 Å². The van der Waals surface area contributed by atoms with Crippen LogP contribution in [0.25, 0.3) is 0 Å². The lowest BCUT2D eigenvalue weighted by molar-refractivity contribution is -0.141. The van der Waals surface area contributed by atoms with Crippen LogP contribution in [0, 0.1) is 5.92 Å². The van der Waals surface area contributed by atoms with Crippen molar-refractivity contribution in [1.82, 2.24) is 5.32 Å². The molecule has 12 heavy (non-hydrogen) atoms. The summed E-state index contributed by atoms with van der Waals surface area (Å²) in [5, 5.41) is 11.8. The van der Waals surface area contributed by atoms with Crippen molar-refractivity contribution in [3.05, 3.63) is 0 Å². The number of carboxylic acid groups (broad SMARTS) is 1. The maximum atomic E-state index is 10.7. The van der Waals surface area contributed by atoms with Crippen LogP contribution in [0.15, 0.2) is 0 Å². The molecule has 0 aromatic rings. The van der Waals surface area contributed by atoms with Gasteiger partial charge in [-0.3, -0.25) is 4.79 Å². The monoisotopic (exact) mass is 171 g/mol. The van der Waals surface area contributed by atoms with Gasteiger partial charge >= 0.3 is 5.97 Å². The number of rotatable bonds is 1. The summed E-state index contributed by atoms with van der Waals surface area (Å²) in [6.45, 7) is 1.48. The van der Waals surface area contributed by atoms with Crippen LogP contribution in [0.1, 0.15) is 12.8 Å². The largest absolute Gasteiger partial charge is 0.480 e. The second-order valence-corrected chi connectivity index (χ2v) is 3.44. The fourth-order valence-electron chi connectivity index (χ4n) is 2.12. The third kappa shape index (κ3) is 1.21. The van der Waals surface area contributed by atoms with Gasteiger partial charge in [0.1, 0.15) is 6.04 Å². The lowest BCUT2D eigenvalue weighted by Gasteiger charge is -2.26. The molecule has 0 unspecified atom stereocenters. The zero-order chi connectivity index (χ0) is 8.55. The van der Waals surface area contributed by atoms with Crippen LogP contribution in [0.3, 0.4) is 0 Å². The van der Waals surface area contributed by atoms with Gasteiger partial charge in [0, 0.05) is 19.1 Å². The molecule has 4 heteroatoms. The first kappa shape index (κ1) is 8.01. The van der Waals surface area contributed by atoms with E-state index >= 15 is 0 Å². The number of nitrogens with one attached hydrogen (secondary N) is 1. The summed E-state index contributed by atoms with van der Waals surface area (Å²) in [5.74, 6) is -0.552. The van der Waals surface area contributed by atoms with Gasteiger partial charge < -0.3 is 15.2 Å². The second kappa shape index (κ2) is 3.03. The van der Waals surface area contributed by atoms with E-state index in [-0.39, 0.29) is 18.1 Å². The van der Waals surface area contributed by atoms with Crippen molar-refractivity contribution < 1.29 is 14.6 Å². The normalized spacial score (nSPS) is 40.8. The van der Waals surface area contributed by atoms with E-state index in [4.69, 9.17) is 9.84 Å². The van der Waals surface area contributed by atoms with E-state index in [0.717, 1.165) is 19.4 Å². The molecule has 2 saturated heterocycles. The zero-order valence-electron chi connectivity index (χ0n) is 6.82.